The van der Waals surface area contributed by atoms with Crippen LogP contribution in [0.3, 0.4) is 0 Å². The standard InChI is InChI=1S/C16H14N2O/c17-11-12-4-3-5-13(10-12)18-15-8-9-19-16-7-2-1-6-14(15)16/h1-7,10,15,18H,8-9H2. The van der Waals surface area contributed by atoms with Crippen LogP contribution >= 0.6 is 0 Å². The summed E-state index contributed by atoms with van der Waals surface area (Å²) in [6, 6.07) is 18.0. The first-order valence-corrected chi connectivity index (χ1v) is 6.35. The number of fused-ring (bicyclic) bond motifs is 1. The number of benzene rings is 2. The van der Waals surface area contributed by atoms with Crippen molar-refractivity contribution in [3.8, 4) is 11.8 Å². The van der Waals surface area contributed by atoms with Gasteiger partial charge in [0.2, 0.25) is 0 Å². The van der Waals surface area contributed by atoms with Crippen molar-refractivity contribution >= 4 is 5.69 Å². The SMILES string of the molecule is N#Cc1cccc(NC2CCOc3ccccc32)c1. The molecule has 1 unspecified atom stereocenters. The maximum atomic E-state index is 8.93. The molecule has 0 bridgehead atoms. The van der Waals surface area contributed by atoms with Gasteiger partial charge in [-0.1, -0.05) is 24.3 Å². The Morgan fingerprint density at radius 1 is 1.16 bits per heavy atom. The normalized spacial score (nSPS) is 16.9. The van der Waals surface area contributed by atoms with E-state index in [0.29, 0.717) is 12.2 Å². The molecule has 1 N–H and O–H groups in total. The van der Waals surface area contributed by atoms with Crippen molar-refractivity contribution in [3.63, 3.8) is 0 Å². The van der Waals surface area contributed by atoms with Crippen LogP contribution in [0.15, 0.2) is 48.5 Å². The van der Waals surface area contributed by atoms with Crippen LogP contribution in [-0.2, 0) is 0 Å². The van der Waals surface area contributed by atoms with Gasteiger partial charge in [-0.2, -0.15) is 5.26 Å². The van der Waals surface area contributed by atoms with Gasteiger partial charge in [0.15, 0.2) is 0 Å². The van der Waals surface area contributed by atoms with Crippen LogP contribution in [0.1, 0.15) is 23.6 Å². The third-order valence-electron chi connectivity index (χ3n) is 3.29. The Morgan fingerprint density at radius 2 is 2.05 bits per heavy atom. The molecule has 0 aromatic heterocycles. The summed E-state index contributed by atoms with van der Waals surface area (Å²) in [5.41, 5.74) is 2.82. The van der Waals surface area contributed by atoms with Gasteiger partial charge in [0.1, 0.15) is 5.75 Å². The molecule has 0 fully saturated rings. The lowest BCUT2D eigenvalue weighted by Crippen LogP contribution is -2.20. The number of hydrogen-bond acceptors (Lipinski definition) is 3. The molecule has 0 spiro atoms. The summed E-state index contributed by atoms with van der Waals surface area (Å²) >= 11 is 0. The Balaban J connectivity index is 1.86. The summed E-state index contributed by atoms with van der Waals surface area (Å²) in [6.45, 7) is 0.715. The van der Waals surface area contributed by atoms with E-state index >= 15 is 0 Å². The van der Waals surface area contributed by atoms with E-state index in [1.807, 2.05) is 42.5 Å². The van der Waals surface area contributed by atoms with Gasteiger partial charge in [0.25, 0.3) is 0 Å². The maximum Gasteiger partial charge on any atom is 0.124 e. The van der Waals surface area contributed by atoms with Crippen LogP contribution in [0, 0.1) is 11.3 Å². The maximum absolute atomic E-state index is 8.93. The van der Waals surface area contributed by atoms with Crippen molar-refractivity contribution in [2.24, 2.45) is 0 Å². The Labute approximate surface area is 112 Å². The van der Waals surface area contributed by atoms with E-state index < -0.39 is 0 Å². The molecule has 19 heavy (non-hydrogen) atoms. The number of ether oxygens (including phenoxy) is 1. The number of para-hydroxylation sites is 1. The summed E-state index contributed by atoms with van der Waals surface area (Å²) in [5.74, 6) is 0.947. The zero-order valence-corrected chi connectivity index (χ0v) is 10.5. The number of rotatable bonds is 2. The fraction of sp³-hybridized carbons (Fsp3) is 0.188. The number of nitrogens with zero attached hydrogens (tertiary/aromatic N) is 1. The molecule has 2 aromatic carbocycles. The molecule has 0 saturated carbocycles. The zero-order chi connectivity index (χ0) is 13.1. The van der Waals surface area contributed by atoms with Crippen molar-refractivity contribution < 1.29 is 4.74 Å². The molecule has 3 heteroatoms. The number of nitrogens with one attached hydrogen (secondary N) is 1. The average molecular weight is 250 g/mol. The predicted molar refractivity (Wildman–Crippen MR) is 74.1 cm³/mol. The van der Waals surface area contributed by atoms with Crippen molar-refractivity contribution in [1.29, 1.82) is 5.26 Å². The fourth-order valence-corrected chi connectivity index (χ4v) is 2.37. The van der Waals surface area contributed by atoms with E-state index in [-0.39, 0.29) is 6.04 Å². The van der Waals surface area contributed by atoms with E-state index in [2.05, 4.69) is 17.5 Å². The molecule has 0 radical (unpaired) electrons. The lowest BCUT2D eigenvalue weighted by molar-refractivity contribution is 0.274. The molecule has 0 saturated heterocycles. The molecular formula is C16H14N2O. The van der Waals surface area contributed by atoms with Gasteiger partial charge in [-0.15, -0.1) is 0 Å². The second kappa shape index (κ2) is 5.03. The highest BCUT2D eigenvalue weighted by molar-refractivity contribution is 5.52. The molecule has 3 nitrogen and oxygen atoms in total. The highest BCUT2D eigenvalue weighted by atomic mass is 16.5. The molecule has 0 amide bonds. The third kappa shape index (κ3) is 2.38. The van der Waals surface area contributed by atoms with Crippen LogP contribution in [0.25, 0.3) is 0 Å². The molecule has 94 valence electrons. The minimum absolute atomic E-state index is 0.235. The minimum atomic E-state index is 0.235. The first-order valence-electron chi connectivity index (χ1n) is 6.35. The number of hydrogen-bond donors (Lipinski definition) is 1. The molecule has 1 heterocycles. The van der Waals surface area contributed by atoms with Crippen LogP contribution in [0.2, 0.25) is 0 Å². The predicted octanol–water partition coefficient (Wildman–Crippen LogP) is 3.49. The quantitative estimate of drug-likeness (QED) is 0.887. The van der Waals surface area contributed by atoms with E-state index in [1.165, 1.54) is 5.56 Å². The fourth-order valence-electron chi connectivity index (χ4n) is 2.37. The van der Waals surface area contributed by atoms with Gasteiger partial charge in [-0.3, -0.25) is 0 Å². The first-order chi connectivity index (χ1) is 9.36. The van der Waals surface area contributed by atoms with Gasteiger partial charge in [-0.25, -0.2) is 0 Å². The Morgan fingerprint density at radius 3 is 2.95 bits per heavy atom. The van der Waals surface area contributed by atoms with Crippen molar-refractivity contribution in [3.05, 3.63) is 59.7 Å². The van der Waals surface area contributed by atoms with Crippen LogP contribution < -0.4 is 10.1 Å². The molecule has 0 aliphatic carbocycles. The zero-order valence-electron chi connectivity index (χ0n) is 10.5. The van der Waals surface area contributed by atoms with E-state index in [9.17, 15) is 0 Å². The highest BCUT2D eigenvalue weighted by Crippen LogP contribution is 2.33. The van der Waals surface area contributed by atoms with E-state index in [4.69, 9.17) is 10.00 Å². The smallest absolute Gasteiger partial charge is 0.124 e. The Bertz CT molecular complexity index is 631. The molecule has 1 aliphatic rings. The summed E-state index contributed by atoms with van der Waals surface area (Å²) in [4.78, 5) is 0. The van der Waals surface area contributed by atoms with Gasteiger partial charge in [-0.05, 0) is 24.3 Å². The minimum Gasteiger partial charge on any atom is -0.493 e. The average Bonchev–Trinajstić information content (AvgIpc) is 2.48. The third-order valence-corrected chi connectivity index (χ3v) is 3.29. The molecule has 3 rings (SSSR count). The lowest BCUT2D eigenvalue weighted by Gasteiger charge is -2.27. The van der Waals surface area contributed by atoms with E-state index in [1.54, 1.807) is 0 Å². The topological polar surface area (TPSA) is 45.0 Å². The van der Waals surface area contributed by atoms with Crippen molar-refractivity contribution in [2.45, 2.75) is 12.5 Å². The highest BCUT2D eigenvalue weighted by Gasteiger charge is 2.20. The summed E-state index contributed by atoms with van der Waals surface area (Å²) in [7, 11) is 0. The molecular weight excluding hydrogens is 236 g/mol. The Kier molecular flexibility index (Phi) is 3.07. The number of anilines is 1. The van der Waals surface area contributed by atoms with Gasteiger partial charge in [0, 0.05) is 17.7 Å². The number of nitriles is 1. The summed E-state index contributed by atoms with van der Waals surface area (Å²) in [5, 5.41) is 12.4. The van der Waals surface area contributed by atoms with Gasteiger partial charge in [0.05, 0.1) is 24.3 Å². The summed E-state index contributed by atoms with van der Waals surface area (Å²) in [6.07, 6.45) is 0.924. The second-order valence-corrected chi connectivity index (χ2v) is 4.56. The van der Waals surface area contributed by atoms with Crippen molar-refractivity contribution in [1.82, 2.24) is 0 Å². The largest absolute Gasteiger partial charge is 0.493 e. The van der Waals surface area contributed by atoms with Gasteiger partial charge < -0.3 is 10.1 Å². The van der Waals surface area contributed by atoms with Crippen LogP contribution in [-0.4, -0.2) is 6.61 Å². The van der Waals surface area contributed by atoms with Gasteiger partial charge >= 0.3 is 0 Å². The second-order valence-electron chi connectivity index (χ2n) is 4.56. The van der Waals surface area contributed by atoms with Crippen molar-refractivity contribution in [2.75, 3.05) is 11.9 Å². The van der Waals surface area contributed by atoms with Crippen LogP contribution in [0.4, 0.5) is 5.69 Å². The monoisotopic (exact) mass is 250 g/mol. The van der Waals surface area contributed by atoms with Crippen LogP contribution in [0.5, 0.6) is 5.75 Å². The van der Waals surface area contributed by atoms with E-state index in [0.717, 1.165) is 17.9 Å². The lowest BCUT2D eigenvalue weighted by atomic mass is 10.00. The first kappa shape index (κ1) is 11.6. The molecule has 2 aromatic rings. The summed E-state index contributed by atoms with van der Waals surface area (Å²) < 4.78 is 5.64. The molecule has 1 aliphatic heterocycles. The molecule has 1 atom stereocenters. The Hall–Kier alpha value is -2.47.